The fraction of sp³-hybridized carbons (Fsp3) is 0.600. The lowest BCUT2D eigenvalue weighted by molar-refractivity contribution is 0.0954. The van der Waals surface area contributed by atoms with Crippen LogP contribution in [-0.4, -0.2) is 69.2 Å². The number of hydrogen-bond acceptors (Lipinski definition) is 4. The van der Waals surface area contributed by atoms with Gasteiger partial charge >= 0.3 is 0 Å². The monoisotopic (exact) mass is 503 g/mol. The molecule has 0 aromatic heterocycles. The molecule has 2 atom stereocenters. The Bertz CT molecular complexity index is 636. The molecule has 1 aliphatic rings. The second kappa shape index (κ2) is 12.1. The molecule has 2 unspecified atom stereocenters. The van der Waals surface area contributed by atoms with Crippen LogP contribution in [0.3, 0.4) is 0 Å². The SMILES string of the molecule is CN=C(NCCNC(=O)c1ccc(OC)cc1)NC1CN(C(C)C)CC1C.I. The van der Waals surface area contributed by atoms with Gasteiger partial charge in [0.15, 0.2) is 5.96 Å². The first-order chi connectivity index (χ1) is 12.9. The van der Waals surface area contributed by atoms with Crippen LogP contribution in [0.15, 0.2) is 29.3 Å². The van der Waals surface area contributed by atoms with E-state index in [0.717, 1.165) is 24.8 Å². The number of guanidine groups is 1. The maximum absolute atomic E-state index is 12.1. The van der Waals surface area contributed by atoms with E-state index < -0.39 is 0 Å². The Balaban J connectivity index is 0.00000392. The minimum atomic E-state index is -0.0978. The molecule has 1 saturated heterocycles. The van der Waals surface area contributed by atoms with Gasteiger partial charge in [-0.2, -0.15) is 0 Å². The van der Waals surface area contributed by atoms with Crippen LogP contribution in [0.2, 0.25) is 0 Å². The number of amides is 1. The van der Waals surface area contributed by atoms with Gasteiger partial charge in [0.25, 0.3) is 5.91 Å². The molecule has 1 aromatic rings. The van der Waals surface area contributed by atoms with Crippen molar-refractivity contribution in [3.63, 3.8) is 0 Å². The molecule has 1 aromatic carbocycles. The van der Waals surface area contributed by atoms with E-state index in [2.05, 4.69) is 46.6 Å². The second-order valence-corrected chi connectivity index (χ2v) is 7.26. The topological polar surface area (TPSA) is 78.0 Å². The van der Waals surface area contributed by atoms with E-state index in [4.69, 9.17) is 4.74 Å². The molecule has 1 amide bonds. The van der Waals surface area contributed by atoms with Gasteiger partial charge in [-0.15, -0.1) is 24.0 Å². The van der Waals surface area contributed by atoms with E-state index in [9.17, 15) is 4.79 Å². The third-order valence-corrected chi connectivity index (χ3v) is 4.97. The number of nitrogens with zero attached hydrogens (tertiary/aromatic N) is 2. The number of rotatable bonds is 7. The zero-order valence-electron chi connectivity index (χ0n) is 17.5. The van der Waals surface area contributed by atoms with Gasteiger partial charge < -0.3 is 20.7 Å². The number of aliphatic imine (C=N–C) groups is 1. The minimum absolute atomic E-state index is 0. The molecule has 0 bridgehead atoms. The number of likely N-dealkylation sites (tertiary alicyclic amines) is 1. The van der Waals surface area contributed by atoms with Crippen molar-refractivity contribution in [1.82, 2.24) is 20.9 Å². The molecule has 0 aliphatic carbocycles. The van der Waals surface area contributed by atoms with Crippen molar-refractivity contribution in [2.24, 2.45) is 10.9 Å². The number of carbonyl (C=O) groups is 1. The van der Waals surface area contributed by atoms with Crippen LogP contribution in [0.4, 0.5) is 0 Å². The highest BCUT2D eigenvalue weighted by molar-refractivity contribution is 14.0. The molecule has 7 nitrogen and oxygen atoms in total. The number of ether oxygens (including phenoxy) is 1. The van der Waals surface area contributed by atoms with Crippen LogP contribution >= 0.6 is 24.0 Å². The fourth-order valence-corrected chi connectivity index (χ4v) is 3.19. The van der Waals surface area contributed by atoms with E-state index in [1.807, 2.05) is 0 Å². The highest BCUT2D eigenvalue weighted by atomic mass is 127. The molecule has 1 aliphatic heterocycles. The Morgan fingerprint density at radius 1 is 1.21 bits per heavy atom. The summed E-state index contributed by atoms with van der Waals surface area (Å²) < 4.78 is 5.10. The van der Waals surface area contributed by atoms with Crippen LogP contribution in [0.25, 0.3) is 0 Å². The predicted octanol–water partition coefficient (Wildman–Crippen LogP) is 1.94. The maximum atomic E-state index is 12.1. The van der Waals surface area contributed by atoms with Gasteiger partial charge in [-0.3, -0.25) is 14.7 Å². The van der Waals surface area contributed by atoms with Crippen molar-refractivity contribution in [2.75, 3.05) is 40.3 Å². The summed E-state index contributed by atoms with van der Waals surface area (Å²) in [5.41, 5.74) is 0.617. The third kappa shape index (κ3) is 7.12. The highest BCUT2D eigenvalue weighted by Gasteiger charge is 2.31. The molecule has 8 heteroatoms. The van der Waals surface area contributed by atoms with E-state index in [1.165, 1.54) is 0 Å². The van der Waals surface area contributed by atoms with Gasteiger partial charge in [0.05, 0.1) is 7.11 Å². The van der Waals surface area contributed by atoms with Crippen molar-refractivity contribution < 1.29 is 9.53 Å². The molecule has 28 heavy (non-hydrogen) atoms. The molecule has 0 saturated carbocycles. The zero-order chi connectivity index (χ0) is 19.8. The summed E-state index contributed by atoms with van der Waals surface area (Å²) in [7, 11) is 3.37. The first kappa shape index (κ1) is 24.5. The number of benzene rings is 1. The second-order valence-electron chi connectivity index (χ2n) is 7.26. The molecule has 1 fully saturated rings. The standard InChI is InChI=1S/C20H33N5O2.HI/c1-14(2)25-12-15(3)18(13-25)24-20(21-4)23-11-10-22-19(26)16-6-8-17(27-5)9-7-16;/h6-9,14-15,18H,10-13H2,1-5H3,(H,22,26)(H2,21,23,24);1H. The smallest absolute Gasteiger partial charge is 0.251 e. The van der Waals surface area contributed by atoms with Crippen molar-refractivity contribution in [3.8, 4) is 5.75 Å². The number of methoxy groups -OCH3 is 1. The van der Waals surface area contributed by atoms with Gasteiger partial charge in [0.1, 0.15) is 5.75 Å². The molecule has 3 N–H and O–H groups in total. The Hall–Kier alpha value is -1.55. The highest BCUT2D eigenvalue weighted by Crippen LogP contribution is 2.18. The van der Waals surface area contributed by atoms with E-state index in [-0.39, 0.29) is 29.9 Å². The molecular weight excluding hydrogens is 469 g/mol. The lowest BCUT2D eigenvalue weighted by Crippen LogP contribution is -2.48. The summed E-state index contributed by atoms with van der Waals surface area (Å²) in [6, 6.07) is 8.01. The van der Waals surface area contributed by atoms with Crippen molar-refractivity contribution >= 4 is 35.8 Å². The van der Waals surface area contributed by atoms with Gasteiger partial charge in [-0.1, -0.05) is 6.92 Å². The molecule has 0 radical (unpaired) electrons. The van der Waals surface area contributed by atoms with Crippen LogP contribution in [-0.2, 0) is 0 Å². The van der Waals surface area contributed by atoms with Gasteiger partial charge in [-0.05, 0) is 44.0 Å². The van der Waals surface area contributed by atoms with Crippen LogP contribution in [0, 0.1) is 5.92 Å². The quantitative estimate of drug-likeness (QED) is 0.230. The molecular formula is C20H34IN5O2. The first-order valence-corrected chi connectivity index (χ1v) is 9.58. The van der Waals surface area contributed by atoms with Crippen LogP contribution in [0.5, 0.6) is 5.75 Å². The van der Waals surface area contributed by atoms with Crippen molar-refractivity contribution in [2.45, 2.75) is 32.9 Å². The average Bonchev–Trinajstić information content (AvgIpc) is 3.04. The van der Waals surface area contributed by atoms with Gasteiger partial charge in [0, 0.05) is 50.9 Å². The maximum Gasteiger partial charge on any atom is 0.251 e. The average molecular weight is 503 g/mol. The zero-order valence-corrected chi connectivity index (χ0v) is 19.8. The Morgan fingerprint density at radius 3 is 2.39 bits per heavy atom. The summed E-state index contributed by atoms with van der Waals surface area (Å²) in [5, 5.41) is 9.68. The number of halogens is 1. The molecule has 0 spiro atoms. The first-order valence-electron chi connectivity index (χ1n) is 9.58. The Labute approximate surface area is 185 Å². The van der Waals surface area contributed by atoms with E-state index in [1.54, 1.807) is 38.4 Å². The van der Waals surface area contributed by atoms with E-state index >= 15 is 0 Å². The Morgan fingerprint density at radius 2 is 1.86 bits per heavy atom. The van der Waals surface area contributed by atoms with Gasteiger partial charge in [0.2, 0.25) is 0 Å². The van der Waals surface area contributed by atoms with Crippen molar-refractivity contribution in [1.29, 1.82) is 0 Å². The molecule has 158 valence electrons. The van der Waals surface area contributed by atoms with Gasteiger partial charge in [-0.25, -0.2) is 0 Å². The minimum Gasteiger partial charge on any atom is -0.497 e. The number of hydrogen-bond donors (Lipinski definition) is 3. The lowest BCUT2D eigenvalue weighted by atomic mass is 10.1. The van der Waals surface area contributed by atoms with Crippen LogP contribution in [0.1, 0.15) is 31.1 Å². The summed E-state index contributed by atoms with van der Waals surface area (Å²) in [5.74, 6) is 1.98. The van der Waals surface area contributed by atoms with E-state index in [0.29, 0.717) is 36.7 Å². The van der Waals surface area contributed by atoms with Crippen molar-refractivity contribution in [3.05, 3.63) is 29.8 Å². The third-order valence-electron chi connectivity index (χ3n) is 4.97. The van der Waals surface area contributed by atoms with Crippen LogP contribution < -0.4 is 20.7 Å². The summed E-state index contributed by atoms with van der Waals surface area (Å²) in [6.07, 6.45) is 0. The molecule has 2 rings (SSSR count). The number of nitrogens with one attached hydrogen (secondary N) is 3. The molecule has 1 heterocycles. The summed E-state index contributed by atoms with van der Waals surface area (Å²) in [4.78, 5) is 18.9. The Kier molecular flexibility index (Phi) is 10.6. The fourth-order valence-electron chi connectivity index (χ4n) is 3.19. The largest absolute Gasteiger partial charge is 0.497 e. The summed E-state index contributed by atoms with van der Waals surface area (Å²) in [6.45, 7) is 9.97. The lowest BCUT2D eigenvalue weighted by Gasteiger charge is -2.22. The number of carbonyl (C=O) groups excluding carboxylic acids is 1. The summed E-state index contributed by atoms with van der Waals surface area (Å²) >= 11 is 0. The predicted molar refractivity (Wildman–Crippen MR) is 125 cm³/mol. The normalized spacial score (nSPS) is 19.9.